The van der Waals surface area contributed by atoms with E-state index in [4.69, 9.17) is 9.47 Å². The summed E-state index contributed by atoms with van der Waals surface area (Å²) >= 11 is 0. The highest BCUT2D eigenvalue weighted by Gasteiger charge is 2.16. The number of benzene rings is 3. The molecule has 0 aliphatic carbocycles. The minimum atomic E-state index is -0.524. The monoisotopic (exact) mass is 427 g/mol. The van der Waals surface area contributed by atoms with Crippen LogP contribution in [-0.4, -0.2) is 15.8 Å². The Bertz CT molecular complexity index is 1260. The Morgan fingerprint density at radius 3 is 2.31 bits per heavy atom. The molecule has 158 valence electrons. The maximum Gasteiger partial charge on any atom is 0.273 e. The average molecular weight is 427 g/mol. The van der Waals surface area contributed by atoms with Gasteiger partial charge in [0, 0.05) is 24.0 Å². The molecule has 0 bridgehead atoms. The molecule has 1 amide bonds. The van der Waals surface area contributed by atoms with E-state index in [2.05, 4.69) is 10.3 Å². The van der Waals surface area contributed by atoms with Gasteiger partial charge < -0.3 is 14.8 Å². The average Bonchev–Trinajstić information content (AvgIpc) is 2.80. The van der Waals surface area contributed by atoms with Gasteiger partial charge in [-0.05, 0) is 42.5 Å². The summed E-state index contributed by atoms with van der Waals surface area (Å²) in [5, 5.41) is 13.8. The van der Waals surface area contributed by atoms with E-state index in [1.807, 2.05) is 30.3 Å². The van der Waals surface area contributed by atoms with Gasteiger partial charge in [0.25, 0.3) is 11.6 Å². The van der Waals surface area contributed by atoms with E-state index in [0.717, 1.165) is 0 Å². The van der Waals surface area contributed by atoms with Crippen molar-refractivity contribution in [2.45, 2.75) is 0 Å². The van der Waals surface area contributed by atoms with E-state index in [-0.39, 0.29) is 22.9 Å². The van der Waals surface area contributed by atoms with Gasteiger partial charge in [-0.25, -0.2) is 4.98 Å². The maximum atomic E-state index is 12.9. The predicted octanol–water partition coefficient (Wildman–Crippen LogP) is 5.83. The second kappa shape index (κ2) is 9.40. The molecule has 8 heteroatoms. The van der Waals surface area contributed by atoms with Crippen molar-refractivity contribution in [3.8, 4) is 23.1 Å². The SMILES string of the molecule is O=C(Nc1cccc(Oc2ccccc2)c1)c1cccnc1Oc1cccc([N+](=O)[O-])c1. The number of non-ortho nitro benzene ring substituents is 1. The zero-order chi connectivity index (χ0) is 22.3. The molecule has 3 aromatic carbocycles. The largest absolute Gasteiger partial charge is 0.457 e. The van der Waals surface area contributed by atoms with Gasteiger partial charge in [-0.1, -0.05) is 30.3 Å². The number of nitro groups is 1. The van der Waals surface area contributed by atoms with Crippen LogP contribution in [0, 0.1) is 10.1 Å². The van der Waals surface area contributed by atoms with E-state index < -0.39 is 10.8 Å². The second-order valence-corrected chi connectivity index (χ2v) is 6.61. The molecule has 4 aromatic rings. The molecule has 0 aliphatic rings. The highest BCUT2D eigenvalue weighted by Crippen LogP contribution is 2.28. The van der Waals surface area contributed by atoms with E-state index in [9.17, 15) is 14.9 Å². The van der Waals surface area contributed by atoms with Crippen molar-refractivity contribution in [2.75, 3.05) is 5.32 Å². The highest BCUT2D eigenvalue weighted by atomic mass is 16.6. The topological polar surface area (TPSA) is 104 Å². The van der Waals surface area contributed by atoms with Crippen LogP contribution >= 0.6 is 0 Å². The summed E-state index contributed by atoms with van der Waals surface area (Å²) in [4.78, 5) is 27.5. The van der Waals surface area contributed by atoms with Crippen molar-refractivity contribution >= 4 is 17.3 Å². The summed E-state index contributed by atoms with van der Waals surface area (Å²) in [6, 6.07) is 25.1. The first kappa shape index (κ1) is 20.5. The molecule has 0 saturated heterocycles. The maximum absolute atomic E-state index is 12.9. The first-order chi connectivity index (χ1) is 15.6. The molecular formula is C24H17N3O5. The third-order valence-electron chi connectivity index (χ3n) is 4.33. The summed E-state index contributed by atoms with van der Waals surface area (Å²) < 4.78 is 11.5. The van der Waals surface area contributed by atoms with Gasteiger partial charge in [0.2, 0.25) is 5.88 Å². The molecule has 8 nitrogen and oxygen atoms in total. The van der Waals surface area contributed by atoms with Crippen molar-refractivity contribution in [1.82, 2.24) is 4.98 Å². The van der Waals surface area contributed by atoms with Gasteiger partial charge in [0.05, 0.1) is 11.0 Å². The number of carbonyl (C=O) groups excluding carboxylic acids is 1. The third-order valence-corrected chi connectivity index (χ3v) is 4.33. The smallest absolute Gasteiger partial charge is 0.273 e. The number of pyridine rings is 1. The molecule has 1 N–H and O–H groups in total. The number of rotatable bonds is 7. The molecule has 0 radical (unpaired) electrons. The lowest BCUT2D eigenvalue weighted by molar-refractivity contribution is -0.384. The number of amides is 1. The number of para-hydroxylation sites is 1. The van der Waals surface area contributed by atoms with Crippen molar-refractivity contribution in [1.29, 1.82) is 0 Å². The first-order valence-electron chi connectivity index (χ1n) is 9.60. The number of nitrogens with zero attached hydrogens (tertiary/aromatic N) is 2. The molecule has 1 aromatic heterocycles. The van der Waals surface area contributed by atoms with Crippen LogP contribution in [-0.2, 0) is 0 Å². The van der Waals surface area contributed by atoms with Gasteiger partial charge in [-0.15, -0.1) is 0 Å². The second-order valence-electron chi connectivity index (χ2n) is 6.61. The summed E-state index contributed by atoms with van der Waals surface area (Å²) in [6.07, 6.45) is 1.47. The summed E-state index contributed by atoms with van der Waals surface area (Å²) in [6.45, 7) is 0. The summed E-state index contributed by atoms with van der Waals surface area (Å²) in [5.41, 5.74) is 0.571. The Kier molecular flexibility index (Phi) is 6.03. The lowest BCUT2D eigenvalue weighted by atomic mass is 10.2. The number of aromatic nitrogens is 1. The Morgan fingerprint density at radius 1 is 0.812 bits per heavy atom. The normalized spacial score (nSPS) is 10.2. The fraction of sp³-hybridized carbons (Fsp3) is 0. The molecule has 0 atom stereocenters. The number of hydrogen-bond acceptors (Lipinski definition) is 6. The van der Waals surface area contributed by atoms with Gasteiger partial charge in [-0.2, -0.15) is 0 Å². The summed E-state index contributed by atoms with van der Waals surface area (Å²) in [5.74, 6) is 1.02. The Labute approximate surface area is 183 Å². The molecule has 0 spiro atoms. The lowest BCUT2D eigenvalue weighted by Gasteiger charge is -2.11. The Morgan fingerprint density at radius 2 is 1.53 bits per heavy atom. The van der Waals surface area contributed by atoms with Crippen LogP contribution < -0.4 is 14.8 Å². The zero-order valence-corrected chi connectivity index (χ0v) is 16.7. The zero-order valence-electron chi connectivity index (χ0n) is 16.7. The molecular weight excluding hydrogens is 410 g/mol. The fourth-order valence-electron chi connectivity index (χ4n) is 2.88. The number of anilines is 1. The molecule has 1 heterocycles. The van der Waals surface area contributed by atoms with Gasteiger partial charge >= 0.3 is 0 Å². The van der Waals surface area contributed by atoms with Crippen LogP contribution in [0.25, 0.3) is 0 Å². The van der Waals surface area contributed by atoms with E-state index >= 15 is 0 Å². The van der Waals surface area contributed by atoms with Crippen molar-refractivity contribution in [3.05, 3.63) is 113 Å². The quantitative estimate of drug-likeness (QED) is 0.294. The first-order valence-corrected chi connectivity index (χ1v) is 9.60. The standard InChI is InChI=1S/C24H17N3O5/c28-23(26-17-7-4-11-20(15-17)31-19-9-2-1-3-10-19)22-13-6-14-25-24(22)32-21-12-5-8-18(16-21)27(29)30/h1-16H,(H,26,28). The number of nitrogens with one attached hydrogen (secondary N) is 1. The van der Waals surface area contributed by atoms with Crippen LogP contribution in [0.2, 0.25) is 0 Å². The van der Waals surface area contributed by atoms with Crippen LogP contribution in [0.15, 0.2) is 97.2 Å². The van der Waals surface area contributed by atoms with Crippen LogP contribution in [0.3, 0.4) is 0 Å². The molecule has 0 unspecified atom stereocenters. The summed E-state index contributed by atoms with van der Waals surface area (Å²) in [7, 11) is 0. The van der Waals surface area contributed by atoms with Gasteiger partial charge in [0.1, 0.15) is 22.8 Å². The van der Waals surface area contributed by atoms with E-state index in [0.29, 0.717) is 17.2 Å². The number of ether oxygens (including phenoxy) is 2. The van der Waals surface area contributed by atoms with Crippen LogP contribution in [0.4, 0.5) is 11.4 Å². The number of carbonyl (C=O) groups is 1. The van der Waals surface area contributed by atoms with Crippen molar-refractivity contribution in [3.63, 3.8) is 0 Å². The van der Waals surface area contributed by atoms with Crippen LogP contribution in [0.5, 0.6) is 23.1 Å². The Balaban J connectivity index is 1.52. The molecule has 4 rings (SSSR count). The van der Waals surface area contributed by atoms with E-state index in [1.165, 1.54) is 24.4 Å². The van der Waals surface area contributed by atoms with Crippen LogP contribution in [0.1, 0.15) is 10.4 Å². The third kappa shape index (κ3) is 5.06. The Hall–Kier alpha value is -4.72. The lowest BCUT2D eigenvalue weighted by Crippen LogP contribution is -2.13. The number of hydrogen-bond donors (Lipinski definition) is 1. The molecule has 0 saturated carbocycles. The minimum Gasteiger partial charge on any atom is -0.457 e. The van der Waals surface area contributed by atoms with Gasteiger partial charge in [-0.3, -0.25) is 14.9 Å². The molecule has 0 aliphatic heterocycles. The predicted molar refractivity (Wildman–Crippen MR) is 118 cm³/mol. The molecule has 0 fully saturated rings. The molecule has 32 heavy (non-hydrogen) atoms. The highest BCUT2D eigenvalue weighted by molar-refractivity contribution is 6.05. The van der Waals surface area contributed by atoms with E-state index in [1.54, 1.807) is 42.5 Å². The number of nitro benzene ring substituents is 1. The van der Waals surface area contributed by atoms with Crippen molar-refractivity contribution < 1.29 is 19.2 Å². The minimum absolute atomic E-state index is 0.0298. The fourth-order valence-corrected chi connectivity index (χ4v) is 2.88. The van der Waals surface area contributed by atoms with Crippen molar-refractivity contribution in [2.24, 2.45) is 0 Å². The van der Waals surface area contributed by atoms with Gasteiger partial charge in [0.15, 0.2) is 0 Å².